The number of fused-ring (bicyclic) bond motifs is 1. The number of methoxy groups -OCH3 is 2. The van der Waals surface area contributed by atoms with Crippen molar-refractivity contribution in [2.75, 3.05) is 14.2 Å². The van der Waals surface area contributed by atoms with E-state index >= 15 is 0 Å². The standard InChI is InChI=1S/C18H14N4O3/c1-23-13-7-4-8-14(24-2)15(13)17-21-18(25-22-17)11-5-3-6-12-16(11)20-10-9-19-12/h3-10H,1-2H3. The third-order valence-corrected chi connectivity index (χ3v) is 3.81. The maximum Gasteiger partial charge on any atom is 0.260 e. The SMILES string of the molecule is COc1cccc(OC)c1-c1noc(-c2cccc3nccnc23)n1. The van der Waals surface area contributed by atoms with E-state index in [0.29, 0.717) is 34.3 Å². The lowest BCUT2D eigenvalue weighted by molar-refractivity contribution is 0.394. The van der Waals surface area contributed by atoms with Gasteiger partial charge in [0.1, 0.15) is 22.6 Å². The molecule has 0 spiro atoms. The number of ether oxygens (including phenoxy) is 2. The van der Waals surface area contributed by atoms with E-state index in [1.165, 1.54) is 0 Å². The first kappa shape index (κ1) is 15.1. The van der Waals surface area contributed by atoms with Crippen LogP contribution in [0.4, 0.5) is 0 Å². The summed E-state index contributed by atoms with van der Waals surface area (Å²) >= 11 is 0. The molecule has 0 aliphatic rings. The van der Waals surface area contributed by atoms with Crippen LogP contribution in [0.15, 0.2) is 53.3 Å². The van der Waals surface area contributed by atoms with Crippen LogP contribution >= 0.6 is 0 Å². The van der Waals surface area contributed by atoms with Gasteiger partial charge in [-0.2, -0.15) is 4.98 Å². The number of aromatic nitrogens is 4. The maximum absolute atomic E-state index is 5.47. The van der Waals surface area contributed by atoms with E-state index in [9.17, 15) is 0 Å². The molecule has 2 aromatic carbocycles. The zero-order valence-electron chi connectivity index (χ0n) is 13.6. The third-order valence-electron chi connectivity index (χ3n) is 3.81. The molecule has 0 N–H and O–H groups in total. The van der Waals surface area contributed by atoms with Crippen LogP contribution < -0.4 is 9.47 Å². The minimum Gasteiger partial charge on any atom is -0.496 e. The van der Waals surface area contributed by atoms with E-state index in [1.54, 1.807) is 26.6 Å². The van der Waals surface area contributed by atoms with Gasteiger partial charge in [-0.3, -0.25) is 9.97 Å². The molecule has 7 heteroatoms. The van der Waals surface area contributed by atoms with Crippen LogP contribution in [0.2, 0.25) is 0 Å². The molecule has 0 amide bonds. The van der Waals surface area contributed by atoms with Gasteiger partial charge in [-0.05, 0) is 24.3 Å². The molecule has 0 unspecified atom stereocenters. The average molecular weight is 334 g/mol. The number of hydrogen-bond acceptors (Lipinski definition) is 7. The van der Waals surface area contributed by atoms with Crippen LogP contribution in [0.5, 0.6) is 11.5 Å². The number of hydrogen-bond donors (Lipinski definition) is 0. The molecule has 4 aromatic rings. The quantitative estimate of drug-likeness (QED) is 0.566. The number of rotatable bonds is 4. The molecule has 0 atom stereocenters. The van der Waals surface area contributed by atoms with Crippen LogP contribution in [0, 0.1) is 0 Å². The molecule has 2 aromatic heterocycles. The first-order valence-corrected chi connectivity index (χ1v) is 7.57. The van der Waals surface area contributed by atoms with E-state index in [-0.39, 0.29) is 0 Å². The summed E-state index contributed by atoms with van der Waals surface area (Å²) in [5.74, 6) is 1.94. The Labute approximate surface area is 143 Å². The van der Waals surface area contributed by atoms with Gasteiger partial charge >= 0.3 is 0 Å². The van der Waals surface area contributed by atoms with Crippen molar-refractivity contribution >= 4 is 11.0 Å². The molecule has 0 aliphatic carbocycles. The summed E-state index contributed by atoms with van der Waals surface area (Å²) in [6, 6.07) is 11.1. The molecule has 7 nitrogen and oxygen atoms in total. The van der Waals surface area contributed by atoms with Crippen molar-refractivity contribution in [2.24, 2.45) is 0 Å². The second kappa shape index (κ2) is 6.20. The van der Waals surface area contributed by atoms with Gasteiger partial charge in [0.05, 0.1) is 25.3 Å². The first-order valence-electron chi connectivity index (χ1n) is 7.57. The van der Waals surface area contributed by atoms with Gasteiger partial charge in [-0.15, -0.1) is 0 Å². The first-order chi connectivity index (χ1) is 12.3. The van der Waals surface area contributed by atoms with Crippen molar-refractivity contribution in [1.82, 2.24) is 20.1 Å². The number of nitrogens with zero attached hydrogens (tertiary/aromatic N) is 4. The molecule has 4 rings (SSSR count). The van der Waals surface area contributed by atoms with Gasteiger partial charge < -0.3 is 14.0 Å². The van der Waals surface area contributed by atoms with Crippen molar-refractivity contribution in [3.05, 3.63) is 48.8 Å². The van der Waals surface area contributed by atoms with Crippen molar-refractivity contribution in [1.29, 1.82) is 0 Å². The monoisotopic (exact) mass is 334 g/mol. The van der Waals surface area contributed by atoms with Gasteiger partial charge in [0, 0.05) is 12.4 Å². The Morgan fingerprint density at radius 3 is 2.36 bits per heavy atom. The Balaban J connectivity index is 1.87. The fraction of sp³-hybridized carbons (Fsp3) is 0.111. The zero-order valence-corrected chi connectivity index (χ0v) is 13.6. The molecule has 0 bridgehead atoms. The molecule has 0 radical (unpaired) electrons. The molecule has 2 heterocycles. The van der Waals surface area contributed by atoms with Crippen molar-refractivity contribution in [3.8, 4) is 34.3 Å². The van der Waals surface area contributed by atoms with E-state index < -0.39 is 0 Å². The summed E-state index contributed by atoms with van der Waals surface area (Å²) in [6.07, 6.45) is 3.28. The topological polar surface area (TPSA) is 83.2 Å². The highest BCUT2D eigenvalue weighted by Crippen LogP contribution is 2.37. The summed E-state index contributed by atoms with van der Waals surface area (Å²) in [5, 5.41) is 4.09. The van der Waals surface area contributed by atoms with Gasteiger partial charge in [-0.1, -0.05) is 17.3 Å². The van der Waals surface area contributed by atoms with Gasteiger partial charge in [0.15, 0.2) is 0 Å². The Morgan fingerprint density at radius 2 is 1.60 bits per heavy atom. The smallest absolute Gasteiger partial charge is 0.260 e. The van der Waals surface area contributed by atoms with E-state index in [0.717, 1.165) is 11.1 Å². The molecule has 0 saturated carbocycles. The Morgan fingerprint density at radius 1 is 0.880 bits per heavy atom. The Hall–Kier alpha value is -3.48. The van der Waals surface area contributed by atoms with Crippen LogP contribution in [-0.4, -0.2) is 34.3 Å². The van der Waals surface area contributed by atoms with Crippen LogP contribution in [0.25, 0.3) is 33.9 Å². The normalized spacial score (nSPS) is 10.8. The summed E-state index contributed by atoms with van der Waals surface area (Å²) in [7, 11) is 3.17. The molecule has 25 heavy (non-hydrogen) atoms. The van der Waals surface area contributed by atoms with Crippen molar-refractivity contribution in [3.63, 3.8) is 0 Å². The van der Waals surface area contributed by atoms with Gasteiger partial charge in [-0.25, -0.2) is 0 Å². The largest absolute Gasteiger partial charge is 0.496 e. The minimum atomic E-state index is 0.356. The predicted molar refractivity (Wildman–Crippen MR) is 91.4 cm³/mol. The Bertz CT molecular complexity index is 1020. The lowest BCUT2D eigenvalue weighted by atomic mass is 10.1. The summed E-state index contributed by atoms with van der Waals surface area (Å²) in [4.78, 5) is 13.2. The molecule has 0 saturated heterocycles. The predicted octanol–water partition coefficient (Wildman–Crippen LogP) is 3.36. The average Bonchev–Trinajstić information content (AvgIpc) is 3.16. The van der Waals surface area contributed by atoms with Gasteiger partial charge in [0.25, 0.3) is 5.89 Å². The highest BCUT2D eigenvalue weighted by atomic mass is 16.5. The molecular weight excluding hydrogens is 320 g/mol. The van der Waals surface area contributed by atoms with Crippen molar-refractivity contribution < 1.29 is 14.0 Å². The number of para-hydroxylation sites is 1. The van der Waals surface area contributed by atoms with Gasteiger partial charge in [0.2, 0.25) is 5.82 Å². The zero-order chi connectivity index (χ0) is 17.2. The van der Waals surface area contributed by atoms with Crippen LogP contribution in [0.1, 0.15) is 0 Å². The van der Waals surface area contributed by atoms with E-state index in [1.807, 2.05) is 36.4 Å². The minimum absolute atomic E-state index is 0.356. The molecule has 124 valence electrons. The fourth-order valence-electron chi connectivity index (χ4n) is 2.67. The second-order valence-corrected chi connectivity index (χ2v) is 5.19. The lowest BCUT2D eigenvalue weighted by Crippen LogP contribution is -1.94. The van der Waals surface area contributed by atoms with E-state index in [4.69, 9.17) is 14.0 Å². The second-order valence-electron chi connectivity index (χ2n) is 5.19. The van der Waals surface area contributed by atoms with E-state index in [2.05, 4.69) is 20.1 Å². The Kier molecular flexibility index (Phi) is 3.74. The van der Waals surface area contributed by atoms with Crippen LogP contribution in [0.3, 0.4) is 0 Å². The highest BCUT2D eigenvalue weighted by molar-refractivity contribution is 5.89. The third kappa shape index (κ3) is 2.55. The number of benzene rings is 2. The molecule has 0 aliphatic heterocycles. The summed E-state index contributed by atoms with van der Waals surface area (Å²) < 4.78 is 16.3. The van der Waals surface area contributed by atoms with Crippen molar-refractivity contribution in [2.45, 2.75) is 0 Å². The molecular formula is C18H14N4O3. The summed E-state index contributed by atoms with van der Waals surface area (Å²) in [5.41, 5.74) is 2.81. The molecule has 0 fully saturated rings. The maximum atomic E-state index is 5.47. The fourth-order valence-corrected chi connectivity index (χ4v) is 2.67. The van der Waals surface area contributed by atoms with Crippen LogP contribution in [-0.2, 0) is 0 Å². The summed E-state index contributed by atoms with van der Waals surface area (Å²) in [6.45, 7) is 0. The lowest BCUT2D eigenvalue weighted by Gasteiger charge is -2.09. The highest BCUT2D eigenvalue weighted by Gasteiger charge is 2.20.